The van der Waals surface area contributed by atoms with E-state index in [1.54, 1.807) is 18.9 Å². The lowest BCUT2D eigenvalue weighted by atomic mass is 9.76. The fraction of sp³-hybridized carbons (Fsp3) is 0.290. The molecule has 1 N–H and O–H groups in total. The van der Waals surface area contributed by atoms with Gasteiger partial charge in [-0.1, -0.05) is 80.0 Å². The fourth-order valence-corrected chi connectivity index (χ4v) is 5.36. The number of carbonyl (C=O) groups excluding carboxylic acids is 1. The van der Waals surface area contributed by atoms with Crippen molar-refractivity contribution in [3.63, 3.8) is 0 Å². The van der Waals surface area contributed by atoms with Crippen LogP contribution < -0.4 is 14.8 Å². The number of aromatic nitrogens is 2. The van der Waals surface area contributed by atoms with Crippen LogP contribution in [0.2, 0.25) is 0 Å². The first kappa shape index (κ1) is 24.6. The van der Waals surface area contributed by atoms with Crippen molar-refractivity contribution >= 4 is 11.5 Å². The Morgan fingerprint density at radius 1 is 0.946 bits per heavy atom. The van der Waals surface area contributed by atoms with E-state index in [4.69, 9.17) is 14.6 Å². The molecule has 37 heavy (non-hydrogen) atoms. The topological polar surface area (TPSA) is 65.4 Å². The van der Waals surface area contributed by atoms with Gasteiger partial charge in [0.05, 0.1) is 25.4 Å². The Balaban J connectivity index is 1.62. The molecule has 190 valence electrons. The summed E-state index contributed by atoms with van der Waals surface area (Å²) in [4.78, 5) is 14.3. The van der Waals surface area contributed by atoms with E-state index in [2.05, 4.69) is 17.5 Å². The van der Waals surface area contributed by atoms with E-state index in [1.165, 1.54) is 0 Å². The van der Waals surface area contributed by atoms with Crippen LogP contribution in [0.5, 0.6) is 11.6 Å². The number of nitrogens with zero attached hydrogens (tertiary/aromatic N) is 2. The Morgan fingerprint density at radius 3 is 2.51 bits per heavy atom. The van der Waals surface area contributed by atoms with E-state index in [-0.39, 0.29) is 5.91 Å². The fourth-order valence-electron chi connectivity index (χ4n) is 5.36. The number of para-hydroxylation sites is 1. The molecule has 2 aliphatic carbocycles. The first-order chi connectivity index (χ1) is 18.1. The van der Waals surface area contributed by atoms with Crippen LogP contribution in [0, 0.1) is 0 Å². The lowest BCUT2D eigenvalue weighted by Gasteiger charge is -2.39. The number of methoxy groups -OCH3 is 2. The Morgan fingerprint density at radius 2 is 1.76 bits per heavy atom. The second-order valence-electron chi connectivity index (χ2n) is 9.52. The number of amides is 1. The van der Waals surface area contributed by atoms with E-state index in [0.717, 1.165) is 54.7 Å². The van der Waals surface area contributed by atoms with E-state index in [9.17, 15) is 4.79 Å². The number of allylic oxidation sites excluding steroid dienone is 6. The van der Waals surface area contributed by atoms with Gasteiger partial charge in [0, 0.05) is 0 Å². The van der Waals surface area contributed by atoms with E-state index in [1.807, 2.05) is 72.8 Å². The number of benzene rings is 2. The van der Waals surface area contributed by atoms with Gasteiger partial charge in [0.15, 0.2) is 0 Å². The van der Waals surface area contributed by atoms with Crippen molar-refractivity contribution in [3.05, 3.63) is 102 Å². The first-order valence-corrected chi connectivity index (χ1v) is 12.9. The number of hydrogen-bond acceptors (Lipinski definition) is 4. The second kappa shape index (κ2) is 10.9. The van der Waals surface area contributed by atoms with E-state index >= 15 is 0 Å². The molecule has 0 atom stereocenters. The van der Waals surface area contributed by atoms with Crippen LogP contribution >= 0.6 is 0 Å². The number of carbonyl (C=O) groups is 1. The summed E-state index contributed by atoms with van der Waals surface area (Å²) in [7, 11) is 3.26. The predicted octanol–water partition coefficient (Wildman–Crippen LogP) is 6.38. The maximum absolute atomic E-state index is 14.3. The Bertz CT molecular complexity index is 1350. The number of nitrogens with one attached hydrogen (secondary N) is 1. The highest BCUT2D eigenvalue weighted by molar-refractivity contribution is 6.01. The molecule has 0 aliphatic heterocycles. The smallest absolute Gasteiger partial charge is 0.259 e. The van der Waals surface area contributed by atoms with Crippen LogP contribution in [0.1, 0.15) is 60.1 Å². The third-order valence-corrected chi connectivity index (χ3v) is 7.24. The molecule has 3 aromatic rings. The highest BCUT2D eigenvalue weighted by atomic mass is 16.5. The van der Waals surface area contributed by atoms with Gasteiger partial charge >= 0.3 is 0 Å². The molecule has 0 radical (unpaired) electrons. The minimum atomic E-state index is -0.487. The summed E-state index contributed by atoms with van der Waals surface area (Å²) in [5.41, 5.74) is 3.46. The Hall–Kier alpha value is -4.06. The van der Waals surface area contributed by atoms with E-state index in [0.29, 0.717) is 23.6 Å². The Labute approximate surface area is 218 Å². The number of rotatable bonds is 7. The van der Waals surface area contributed by atoms with Gasteiger partial charge in [-0.3, -0.25) is 4.79 Å². The van der Waals surface area contributed by atoms with Crippen molar-refractivity contribution in [2.45, 2.75) is 44.1 Å². The summed E-state index contributed by atoms with van der Waals surface area (Å²) in [6, 6.07) is 17.8. The quantitative estimate of drug-likeness (QED) is 0.413. The third kappa shape index (κ3) is 4.96. The molecule has 1 saturated carbocycles. The molecular weight excluding hydrogens is 462 g/mol. The molecule has 2 aliphatic rings. The van der Waals surface area contributed by atoms with Gasteiger partial charge in [0.25, 0.3) is 5.91 Å². The lowest BCUT2D eigenvalue weighted by Crippen LogP contribution is -2.47. The summed E-state index contributed by atoms with van der Waals surface area (Å²) in [6.45, 7) is 0. The van der Waals surface area contributed by atoms with Crippen LogP contribution in [0.15, 0.2) is 85.0 Å². The van der Waals surface area contributed by atoms with Crippen molar-refractivity contribution in [1.82, 2.24) is 15.1 Å². The molecule has 1 aromatic heterocycles. The summed E-state index contributed by atoms with van der Waals surface area (Å²) >= 11 is 0. The van der Waals surface area contributed by atoms with Crippen LogP contribution in [-0.2, 0) is 5.54 Å². The molecule has 0 saturated heterocycles. The van der Waals surface area contributed by atoms with Gasteiger partial charge in [-0.25, -0.2) is 0 Å². The average molecular weight is 496 g/mol. The normalized spacial score (nSPS) is 16.5. The van der Waals surface area contributed by atoms with Crippen molar-refractivity contribution in [3.8, 4) is 17.3 Å². The summed E-state index contributed by atoms with van der Waals surface area (Å²) in [6.07, 6.45) is 15.7. The molecular formula is C31H33N3O3. The molecule has 0 bridgehead atoms. The summed E-state index contributed by atoms with van der Waals surface area (Å²) in [5, 5.41) is 8.39. The van der Waals surface area contributed by atoms with Gasteiger partial charge in [0.1, 0.15) is 17.0 Å². The maximum atomic E-state index is 14.3. The molecule has 6 nitrogen and oxygen atoms in total. The monoisotopic (exact) mass is 495 g/mol. The van der Waals surface area contributed by atoms with Gasteiger partial charge in [-0.05, 0) is 54.7 Å². The van der Waals surface area contributed by atoms with Crippen molar-refractivity contribution in [2.24, 2.45) is 0 Å². The van der Waals surface area contributed by atoms with Gasteiger partial charge in [-0.15, -0.1) is 0 Å². The standard InChI is InChI=1S/C31H33N3O3/c1-36-26-19-13-16-24(22-26)31(20-11-6-12-21-31)32-29(35)27-28(23-14-7-3-4-8-15-23)33-34(30(27)37-2)25-17-9-5-10-18-25/h3-5,7-10,13-14,16-19,22H,6,11-12,15,20-21H2,1-2H3,(H,32,35). The molecule has 1 amide bonds. The lowest BCUT2D eigenvalue weighted by molar-refractivity contribution is 0.0862. The van der Waals surface area contributed by atoms with Crippen LogP contribution in [0.3, 0.4) is 0 Å². The SMILES string of the molecule is COc1cccc(C2(NC(=O)c3c(C4=CC=CC=CC4)nn(-c4ccccc4)c3OC)CCCCC2)c1. The first-order valence-electron chi connectivity index (χ1n) is 12.9. The molecule has 0 spiro atoms. The van der Waals surface area contributed by atoms with Crippen molar-refractivity contribution in [1.29, 1.82) is 0 Å². The molecule has 6 heteroatoms. The minimum Gasteiger partial charge on any atom is -0.497 e. The highest BCUT2D eigenvalue weighted by Crippen LogP contribution is 2.40. The maximum Gasteiger partial charge on any atom is 0.259 e. The number of ether oxygens (including phenoxy) is 2. The second-order valence-corrected chi connectivity index (χ2v) is 9.52. The van der Waals surface area contributed by atoms with Crippen LogP contribution in [0.4, 0.5) is 0 Å². The van der Waals surface area contributed by atoms with Gasteiger partial charge in [-0.2, -0.15) is 9.78 Å². The molecule has 1 heterocycles. The number of hydrogen-bond donors (Lipinski definition) is 1. The summed E-state index contributed by atoms with van der Waals surface area (Å²) < 4.78 is 13.1. The van der Waals surface area contributed by atoms with Gasteiger partial charge < -0.3 is 14.8 Å². The van der Waals surface area contributed by atoms with Crippen LogP contribution in [-0.4, -0.2) is 29.9 Å². The zero-order valence-electron chi connectivity index (χ0n) is 21.4. The molecule has 1 fully saturated rings. The Kier molecular flexibility index (Phi) is 7.26. The van der Waals surface area contributed by atoms with Gasteiger partial charge in [0.2, 0.25) is 5.88 Å². The average Bonchev–Trinajstić information content (AvgIpc) is 3.13. The molecule has 5 rings (SSSR count). The van der Waals surface area contributed by atoms with E-state index < -0.39 is 5.54 Å². The minimum absolute atomic E-state index is 0.183. The largest absolute Gasteiger partial charge is 0.497 e. The highest BCUT2D eigenvalue weighted by Gasteiger charge is 2.38. The predicted molar refractivity (Wildman–Crippen MR) is 146 cm³/mol. The molecule has 2 aromatic carbocycles. The molecule has 0 unspecified atom stereocenters. The zero-order valence-corrected chi connectivity index (χ0v) is 21.4. The van der Waals surface area contributed by atoms with Crippen molar-refractivity contribution in [2.75, 3.05) is 14.2 Å². The van der Waals surface area contributed by atoms with Crippen molar-refractivity contribution < 1.29 is 14.3 Å². The third-order valence-electron chi connectivity index (χ3n) is 7.24. The summed E-state index contributed by atoms with van der Waals surface area (Å²) in [5.74, 6) is 1.03. The van der Waals surface area contributed by atoms with Crippen LogP contribution in [0.25, 0.3) is 11.3 Å². The zero-order chi connectivity index (χ0) is 25.7.